The lowest BCUT2D eigenvalue weighted by molar-refractivity contribution is -0.124. The molecule has 1 saturated carbocycles. The molecule has 0 bridgehead atoms. The molecule has 1 rings (SSSR count). The largest absolute Gasteiger partial charge is 0.369 e. The van der Waals surface area contributed by atoms with Crippen molar-refractivity contribution in [3.63, 3.8) is 0 Å². The molecule has 1 amide bonds. The van der Waals surface area contributed by atoms with E-state index in [0.29, 0.717) is 11.8 Å². The molecule has 1 aliphatic rings. The summed E-state index contributed by atoms with van der Waals surface area (Å²) in [5, 5.41) is 0. The first kappa shape index (κ1) is 8.57. The van der Waals surface area contributed by atoms with Crippen molar-refractivity contribution >= 4 is 5.91 Å². The van der Waals surface area contributed by atoms with E-state index in [0.717, 1.165) is 12.8 Å². The highest BCUT2D eigenvalue weighted by atomic mass is 16.1. The number of hydrogen-bond acceptors (Lipinski definition) is 1. The van der Waals surface area contributed by atoms with E-state index in [1.807, 2.05) is 0 Å². The second-order valence-corrected chi connectivity index (χ2v) is 3.90. The van der Waals surface area contributed by atoms with Gasteiger partial charge in [-0.25, -0.2) is 0 Å². The molecule has 0 unspecified atom stereocenters. The average molecular weight is 155 g/mol. The molecule has 0 heterocycles. The van der Waals surface area contributed by atoms with Gasteiger partial charge in [0.25, 0.3) is 0 Å². The number of primary amides is 1. The normalized spacial score (nSPS) is 38.5. The summed E-state index contributed by atoms with van der Waals surface area (Å²) in [7, 11) is 0. The third-order valence-corrected chi connectivity index (χ3v) is 2.82. The maximum absolute atomic E-state index is 10.9. The number of nitrogens with two attached hydrogens (primary N) is 1. The van der Waals surface area contributed by atoms with Gasteiger partial charge in [0.1, 0.15) is 0 Å². The highest BCUT2D eigenvalue weighted by Gasteiger charge is 2.28. The van der Waals surface area contributed by atoms with E-state index in [2.05, 4.69) is 13.8 Å². The van der Waals surface area contributed by atoms with Gasteiger partial charge in [0.05, 0.1) is 0 Å². The quantitative estimate of drug-likeness (QED) is 0.613. The second kappa shape index (κ2) is 3.24. The van der Waals surface area contributed by atoms with Crippen molar-refractivity contribution in [2.45, 2.75) is 33.1 Å². The maximum Gasteiger partial charge on any atom is 0.220 e. The van der Waals surface area contributed by atoms with E-state index < -0.39 is 0 Å². The SMILES string of the molecule is C[C@@H]1CC[C@@H](C)[C@H](C(N)=O)C1. The Morgan fingerprint density at radius 1 is 1.36 bits per heavy atom. The van der Waals surface area contributed by atoms with Crippen LogP contribution in [-0.4, -0.2) is 5.91 Å². The molecule has 0 saturated heterocycles. The van der Waals surface area contributed by atoms with Crippen molar-refractivity contribution in [2.24, 2.45) is 23.5 Å². The van der Waals surface area contributed by atoms with E-state index in [-0.39, 0.29) is 11.8 Å². The molecule has 0 aromatic rings. The number of hydrogen-bond donors (Lipinski definition) is 1. The third kappa shape index (κ3) is 1.95. The Labute approximate surface area is 68.2 Å². The second-order valence-electron chi connectivity index (χ2n) is 3.90. The fraction of sp³-hybridized carbons (Fsp3) is 0.889. The van der Waals surface area contributed by atoms with E-state index in [9.17, 15) is 4.79 Å². The van der Waals surface area contributed by atoms with Gasteiger partial charge < -0.3 is 5.73 Å². The minimum atomic E-state index is -0.107. The van der Waals surface area contributed by atoms with Crippen molar-refractivity contribution < 1.29 is 4.79 Å². The highest BCUT2D eigenvalue weighted by Crippen LogP contribution is 2.32. The third-order valence-electron chi connectivity index (χ3n) is 2.82. The van der Waals surface area contributed by atoms with Gasteiger partial charge in [0.15, 0.2) is 0 Å². The zero-order chi connectivity index (χ0) is 8.43. The Morgan fingerprint density at radius 3 is 2.45 bits per heavy atom. The predicted octanol–water partition coefficient (Wildman–Crippen LogP) is 1.54. The first-order valence-electron chi connectivity index (χ1n) is 4.40. The first-order valence-corrected chi connectivity index (χ1v) is 4.40. The molecule has 0 spiro atoms. The molecule has 2 nitrogen and oxygen atoms in total. The molecule has 0 aromatic heterocycles. The summed E-state index contributed by atoms with van der Waals surface area (Å²) in [4.78, 5) is 10.9. The van der Waals surface area contributed by atoms with E-state index >= 15 is 0 Å². The molecule has 1 fully saturated rings. The lowest BCUT2D eigenvalue weighted by atomic mass is 9.75. The van der Waals surface area contributed by atoms with Gasteiger partial charge in [-0.1, -0.05) is 20.3 Å². The summed E-state index contributed by atoms with van der Waals surface area (Å²) >= 11 is 0. The molecule has 0 radical (unpaired) electrons. The Bertz CT molecular complexity index is 156. The maximum atomic E-state index is 10.9. The Balaban J connectivity index is 2.54. The Morgan fingerprint density at radius 2 is 2.00 bits per heavy atom. The van der Waals surface area contributed by atoms with Crippen LogP contribution in [0.4, 0.5) is 0 Å². The molecular formula is C9H17NO. The fourth-order valence-corrected chi connectivity index (χ4v) is 1.93. The Hall–Kier alpha value is -0.530. The molecule has 0 aliphatic heterocycles. The average Bonchev–Trinajstić information content (AvgIpc) is 1.94. The zero-order valence-corrected chi connectivity index (χ0v) is 7.34. The number of carbonyl (C=O) groups excluding carboxylic acids is 1. The number of amides is 1. The summed E-state index contributed by atoms with van der Waals surface area (Å²) in [5.41, 5.74) is 5.28. The smallest absolute Gasteiger partial charge is 0.220 e. The van der Waals surface area contributed by atoms with Crippen molar-refractivity contribution in [3.05, 3.63) is 0 Å². The van der Waals surface area contributed by atoms with Crippen molar-refractivity contribution in [1.82, 2.24) is 0 Å². The number of carbonyl (C=O) groups is 1. The van der Waals surface area contributed by atoms with Crippen LogP contribution < -0.4 is 5.73 Å². The van der Waals surface area contributed by atoms with Crippen LogP contribution >= 0.6 is 0 Å². The van der Waals surface area contributed by atoms with Crippen molar-refractivity contribution in [2.75, 3.05) is 0 Å². The van der Waals surface area contributed by atoms with Crippen LogP contribution in [0.1, 0.15) is 33.1 Å². The van der Waals surface area contributed by atoms with Crippen LogP contribution in [0.3, 0.4) is 0 Å². The number of rotatable bonds is 1. The predicted molar refractivity (Wildman–Crippen MR) is 44.9 cm³/mol. The van der Waals surface area contributed by atoms with Crippen LogP contribution in [0.25, 0.3) is 0 Å². The monoisotopic (exact) mass is 155 g/mol. The molecule has 0 aromatic carbocycles. The van der Waals surface area contributed by atoms with Crippen molar-refractivity contribution in [3.8, 4) is 0 Å². The van der Waals surface area contributed by atoms with Gasteiger partial charge in [-0.3, -0.25) is 4.79 Å². The topological polar surface area (TPSA) is 43.1 Å². The molecule has 64 valence electrons. The summed E-state index contributed by atoms with van der Waals surface area (Å²) in [5.74, 6) is 1.22. The fourth-order valence-electron chi connectivity index (χ4n) is 1.93. The van der Waals surface area contributed by atoms with Crippen LogP contribution in [0.5, 0.6) is 0 Å². The van der Waals surface area contributed by atoms with Crippen LogP contribution in [0, 0.1) is 17.8 Å². The van der Waals surface area contributed by atoms with Gasteiger partial charge in [-0.2, -0.15) is 0 Å². The molecule has 2 heteroatoms. The van der Waals surface area contributed by atoms with Gasteiger partial charge in [-0.05, 0) is 24.7 Å². The van der Waals surface area contributed by atoms with Gasteiger partial charge in [0, 0.05) is 5.92 Å². The lowest BCUT2D eigenvalue weighted by Gasteiger charge is -2.30. The molecule has 1 aliphatic carbocycles. The molecule has 11 heavy (non-hydrogen) atoms. The molecule has 3 atom stereocenters. The van der Waals surface area contributed by atoms with Crippen LogP contribution in [0.15, 0.2) is 0 Å². The summed E-state index contributed by atoms with van der Waals surface area (Å²) in [6.45, 7) is 4.32. The summed E-state index contributed by atoms with van der Waals surface area (Å²) < 4.78 is 0. The standard InChI is InChI=1S/C9H17NO/c1-6-3-4-7(2)8(5-6)9(10)11/h6-8H,3-5H2,1-2H3,(H2,10,11)/t6-,7-,8-/m1/s1. The first-order chi connectivity index (χ1) is 5.11. The summed E-state index contributed by atoms with van der Waals surface area (Å²) in [6, 6.07) is 0. The van der Waals surface area contributed by atoms with Gasteiger partial charge in [-0.15, -0.1) is 0 Å². The van der Waals surface area contributed by atoms with Crippen LogP contribution in [-0.2, 0) is 4.79 Å². The summed E-state index contributed by atoms with van der Waals surface area (Å²) in [6.07, 6.45) is 3.41. The highest BCUT2D eigenvalue weighted by molar-refractivity contribution is 5.77. The van der Waals surface area contributed by atoms with Crippen LogP contribution in [0.2, 0.25) is 0 Å². The molecule has 2 N–H and O–H groups in total. The van der Waals surface area contributed by atoms with Gasteiger partial charge in [0.2, 0.25) is 5.91 Å². The minimum absolute atomic E-state index is 0.107. The minimum Gasteiger partial charge on any atom is -0.369 e. The lowest BCUT2D eigenvalue weighted by Crippen LogP contribution is -2.33. The van der Waals surface area contributed by atoms with Gasteiger partial charge >= 0.3 is 0 Å². The van der Waals surface area contributed by atoms with E-state index in [4.69, 9.17) is 5.73 Å². The van der Waals surface area contributed by atoms with E-state index in [1.165, 1.54) is 6.42 Å². The molecular weight excluding hydrogens is 138 g/mol. The van der Waals surface area contributed by atoms with E-state index in [1.54, 1.807) is 0 Å². The zero-order valence-electron chi connectivity index (χ0n) is 7.34. The van der Waals surface area contributed by atoms with Crippen molar-refractivity contribution in [1.29, 1.82) is 0 Å². The Kier molecular flexibility index (Phi) is 2.53.